The average Bonchev–Trinajstić information content (AvgIpc) is 2.38. The summed E-state index contributed by atoms with van der Waals surface area (Å²) in [6, 6.07) is 0. The van der Waals surface area contributed by atoms with Crippen LogP contribution < -0.4 is 11.1 Å². The van der Waals surface area contributed by atoms with Gasteiger partial charge in [-0.05, 0) is 13.8 Å². The van der Waals surface area contributed by atoms with Gasteiger partial charge < -0.3 is 4.74 Å². The third-order valence-electron chi connectivity index (χ3n) is 3.29. The lowest BCUT2D eigenvalue weighted by Gasteiger charge is -2.46. The zero-order valence-electron chi connectivity index (χ0n) is 10.8. The molecule has 0 aliphatic carbocycles. The lowest BCUT2D eigenvalue weighted by molar-refractivity contribution is -0.151. The number of nitrogens with one attached hydrogen (secondary N) is 1. The molecule has 2 heterocycles. The van der Waals surface area contributed by atoms with E-state index in [-0.39, 0.29) is 11.3 Å². The number of carbonyl (C=O) groups excluding carboxylic acids is 2. The van der Waals surface area contributed by atoms with E-state index in [0.717, 1.165) is 0 Å². The van der Waals surface area contributed by atoms with Gasteiger partial charge in [0.2, 0.25) is 9.70 Å². The van der Waals surface area contributed by atoms with Crippen LogP contribution in [0.3, 0.4) is 0 Å². The molecule has 0 saturated carbocycles. The van der Waals surface area contributed by atoms with Crippen LogP contribution in [-0.2, 0) is 9.53 Å². The fourth-order valence-electron chi connectivity index (χ4n) is 2.18. The van der Waals surface area contributed by atoms with Crippen molar-refractivity contribution in [2.75, 3.05) is 6.61 Å². The van der Waals surface area contributed by atoms with Crippen LogP contribution in [0.15, 0.2) is 0 Å². The van der Waals surface area contributed by atoms with Gasteiger partial charge in [0.25, 0.3) is 0 Å². The average molecular weight is 363 g/mol. The second kappa shape index (κ2) is 4.98. The van der Waals surface area contributed by atoms with Crippen LogP contribution in [0.25, 0.3) is 0 Å². The molecule has 0 aromatic heterocycles. The predicted octanol–water partition coefficient (Wildman–Crippen LogP) is 1.78. The first-order valence-corrected chi connectivity index (χ1v) is 7.78. The maximum atomic E-state index is 11.8. The molecule has 20 heavy (non-hydrogen) atoms. The summed E-state index contributed by atoms with van der Waals surface area (Å²) in [5, 5.41) is 2.47. The number of carbonyl (C=O) groups is 2. The van der Waals surface area contributed by atoms with Crippen molar-refractivity contribution < 1.29 is 14.3 Å². The Labute approximate surface area is 135 Å². The molecule has 2 aliphatic rings. The van der Waals surface area contributed by atoms with Crippen molar-refractivity contribution in [3.63, 3.8) is 0 Å². The van der Waals surface area contributed by atoms with E-state index in [1.165, 1.54) is 16.7 Å². The maximum Gasteiger partial charge on any atom is 0.410 e. The molecule has 0 aromatic rings. The highest BCUT2D eigenvalue weighted by molar-refractivity contribution is 8.01. The van der Waals surface area contributed by atoms with Crippen molar-refractivity contribution in [2.24, 2.45) is 5.73 Å². The number of amides is 2. The molecule has 3 N–H and O–H groups in total. The summed E-state index contributed by atoms with van der Waals surface area (Å²) in [5.74, 6) is -1.44. The molecule has 6 nitrogen and oxygen atoms in total. The van der Waals surface area contributed by atoms with Crippen LogP contribution in [0.2, 0.25) is 0 Å². The summed E-state index contributed by atoms with van der Waals surface area (Å²) >= 11 is 18.0. The molecule has 114 valence electrons. The molecular formula is C10H14Cl3N3O3S. The Kier molecular flexibility index (Phi) is 4.06. The van der Waals surface area contributed by atoms with Gasteiger partial charge >= 0.3 is 6.09 Å². The van der Waals surface area contributed by atoms with Gasteiger partial charge in [-0.25, -0.2) is 4.79 Å². The molecular weight excluding hydrogens is 349 g/mol. The number of ether oxygens (including phenoxy) is 1. The molecule has 0 bridgehead atoms. The molecule has 2 fully saturated rings. The van der Waals surface area contributed by atoms with Crippen LogP contribution in [0.1, 0.15) is 20.3 Å². The number of hydrogen-bond acceptors (Lipinski definition) is 5. The zero-order chi connectivity index (χ0) is 15.3. The SMILES string of the molecule is CC1(C)S[C@@H]2CC(=O)N2C1(N)NC(=O)OCC(Cl)(Cl)Cl. The zero-order valence-corrected chi connectivity index (χ0v) is 13.9. The van der Waals surface area contributed by atoms with Crippen molar-refractivity contribution in [3.05, 3.63) is 0 Å². The number of halogens is 3. The molecule has 0 radical (unpaired) electrons. The summed E-state index contributed by atoms with van der Waals surface area (Å²) in [6.45, 7) is 3.28. The number of alkyl carbamates (subject to hydrolysis) is 1. The van der Waals surface area contributed by atoms with Crippen molar-refractivity contribution >= 4 is 58.6 Å². The summed E-state index contributed by atoms with van der Waals surface area (Å²) in [5.41, 5.74) is 6.23. The number of hydrogen-bond donors (Lipinski definition) is 2. The number of β-lactam (4-membered cyclic amide) rings is 1. The molecule has 2 saturated heterocycles. The van der Waals surface area contributed by atoms with E-state index in [9.17, 15) is 9.59 Å². The van der Waals surface area contributed by atoms with Crippen LogP contribution in [0, 0.1) is 0 Å². The summed E-state index contributed by atoms with van der Waals surface area (Å²) in [4.78, 5) is 24.9. The topological polar surface area (TPSA) is 84.7 Å². The van der Waals surface area contributed by atoms with E-state index in [4.69, 9.17) is 45.3 Å². The van der Waals surface area contributed by atoms with E-state index in [0.29, 0.717) is 6.42 Å². The second-order valence-electron chi connectivity index (χ2n) is 5.13. The largest absolute Gasteiger partial charge is 0.445 e. The highest BCUT2D eigenvalue weighted by Crippen LogP contribution is 2.53. The van der Waals surface area contributed by atoms with E-state index in [2.05, 4.69) is 5.32 Å². The van der Waals surface area contributed by atoms with Gasteiger partial charge in [0.1, 0.15) is 6.61 Å². The minimum absolute atomic E-state index is 0.0315. The van der Waals surface area contributed by atoms with E-state index >= 15 is 0 Å². The first-order valence-electron chi connectivity index (χ1n) is 5.77. The monoisotopic (exact) mass is 361 g/mol. The molecule has 0 spiro atoms. The van der Waals surface area contributed by atoms with Gasteiger partial charge in [0, 0.05) is 0 Å². The first kappa shape index (κ1) is 16.3. The second-order valence-corrected chi connectivity index (χ2v) is 9.45. The van der Waals surface area contributed by atoms with Gasteiger partial charge in [-0.2, -0.15) is 0 Å². The smallest absolute Gasteiger partial charge is 0.410 e. The summed E-state index contributed by atoms with van der Waals surface area (Å²) < 4.78 is 2.53. The van der Waals surface area contributed by atoms with Crippen molar-refractivity contribution in [1.29, 1.82) is 0 Å². The number of rotatable bonds is 2. The van der Waals surface area contributed by atoms with Crippen LogP contribution >= 0.6 is 46.6 Å². The molecule has 10 heteroatoms. The summed E-state index contributed by atoms with van der Waals surface area (Å²) in [6.07, 6.45) is -0.425. The van der Waals surface area contributed by atoms with Gasteiger partial charge in [0.15, 0.2) is 5.79 Å². The van der Waals surface area contributed by atoms with Crippen molar-refractivity contribution in [1.82, 2.24) is 10.2 Å². The predicted molar refractivity (Wildman–Crippen MR) is 78.6 cm³/mol. The number of nitrogens with zero attached hydrogens (tertiary/aromatic N) is 1. The van der Waals surface area contributed by atoms with Crippen molar-refractivity contribution in [3.8, 4) is 0 Å². The fourth-order valence-corrected chi connectivity index (χ4v) is 3.96. The van der Waals surface area contributed by atoms with Crippen LogP contribution in [0.4, 0.5) is 4.79 Å². The van der Waals surface area contributed by atoms with Gasteiger partial charge in [-0.3, -0.25) is 20.7 Å². The Bertz CT molecular complexity index is 457. The third kappa shape index (κ3) is 2.78. The highest BCUT2D eigenvalue weighted by atomic mass is 35.6. The van der Waals surface area contributed by atoms with Crippen LogP contribution in [0.5, 0.6) is 0 Å². The lowest BCUT2D eigenvalue weighted by Crippen LogP contribution is -2.76. The first-order chi connectivity index (χ1) is 8.96. The fraction of sp³-hybridized carbons (Fsp3) is 0.800. The number of fused-ring (bicyclic) bond motifs is 1. The third-order valence-corrected chi connectivity index (χ3v) is 5.17. The molecule has 2 rings (SSSR count). The minimum atomic E-state index is -1.70. The Morgan fingerprint density at radius 1 is 1.60 bits per heavy atom. The number of alkyl halides is 3. The highest BCUT2D eigenvalue weighted by Gasteiger charge is 2.64. The Morgan fingerprint density at radius 2 is 2.20 bits per heavy atom. The van der Waals surface area contributed by atoms with Gasteiger partial charge in [-0.15, -0.1) is 11.8 Å². The summed E-state index contributed by atoms with van der Waals surface area (Å²) in [7, 11) is 0. The normalized spacial score (nSPS) is 31.6. The Balaban J connectivity index is 2.06. The quantitative estimate of drug-likeness (QED) is 0.444. The van der Waals surface area contributed by atoms with Gasteiger partial charge in [-0.1, -0.05) is 34.8 Å². The van der Waals surface area contributed by atoms with Gasteiger partial charge in [0.05, 0.1) is 16.5 Å². The van der Waals surface area contributed by atoms with Crippen LogP contribution in [-0.4, -0.2) is 43.2 Å². The molecule has 2 aliphatic heterocycles. The van der Waals surface area contributed by atoms with E-state index in [1.807, 2.05) is 13.8 Å². The Morgan fingerprint density at radius 3 is 2.70 bits per heavy atom. The number of nitrogens with two attached hydrogens (primary N) is 1. The van der Waals surface area contributed by atoms with Crippen molar-refractivity contribution in [2.45, 2.75) is 40.0 Å². The van der Waals surface area contributed by atoms with E-state index in [1.54, 1.807) is 0 Å². The Hall–Kier alpha value is -0.0800. The number of thioether (sulfide) groups is 1. The molecule has 2 atom stereocenters. The molecule has 2 amide bonds. The standard InChI is InChI=1S/C10H14Cl3N3O3S/c1-8(2)10(14,16-5(17)3-6(16)20-8)15-7(18)19-4-9(11,12)13/h6H,3-4,14H2,1-2H3,(H,15,18)/t6-,10?/m1/s1. The molecule has 1 unspecified atom stereocenters. The lowest BCUT2D eigenvalue weighted by atomic mass is 9.99. The maximum absolute atomic E-state index is 11.8. The van der Waals surface area contributed by atoms with E-state index < -0.39 is 27.0 Å². The minimum Gasteiger partial charge on any atom is -0.445 e. The molecule has 0 aromatic carbocycles.